The van der Waals surface area contributed by atoms with Crippen molar-refractivity contribution in [2.24, 2.45) is 0 Å². The van der Waals surface area contributed by atoms with Gasteiger partial charge in [0.15, 0.2) is 0 Å². The molecule has 2 N–H and O–H groups in total. The predicted octanol–water partition coefficient (Wildman–Crippen LogP) is 2.21. The van der Waals surface area contributed by atoms with E-state index in [9.17, 15) is 9.90 Å². The van der Waals surface area contributed by atoms with Crippen LogP contribution in [-0.2, 0) is 10.5 Å². The molecule has 1 aliphatic rings. The van der Waals surface area contributed by atoms with Crippen LogP contribution in [0, 0.1) is 11.3 Å². The molecule has 4 nitrogen and oxygen atoms in total. The van der Waals surface area contributed by atoms with Crippen molar-refractivity contribution in [2.75, 3.05) is 12.4 Å². The van der Waals surface area contributed by atoms with Gasteiger partial charge in [-0.3, -0.25) is 4.79 Å². The summed E-state index contributed by atoms with van der Waals surface area (Å²) < 4.78 is 0. The Bertz CT molecular complexity index is 516. The lowest BCUT2D eigenvalue weighted by Crippen LogP contribution is -2.49. The molecule has 1 aromatic rings. The fourth-order valence-electron chi connectivity index (χ4n) is 2.64. The van der Waals surface area contributed by atoms with Crippen molar-refractivity contribution in [2.45, 2.75) is 37.0 Å². The second kappa shape index (κ2) is 7.48. The van der Waals surface area contributed by atoms with Crippen molar-refractivity contribution >= 4 is 17.7 Å². The van der Waals surface area contributed by atoms with Crippen LogP contribution >= 0.6 is 11.8 Å². The lowest BCUT2D eigenvalue weighted by Gasteiger charge is -2.27. The molecule has 1 amide bonds. The lowest BCUT2D eigenvalue weighted by atomic mass is 9.99. The van der Waals surface area contributed by atoms with Crippen molar-refractivity contribution in [3.05, 3.63) is 35.4 Å². The molecule has 1 fully saturated rings. The van der Waals surface area contributed by atoms with Crippen LogP contribution in [0.5, 0.6) is 0 Å². The minimum atomic E-state index is -0.383. The van der Waals surface area contributed by atoms with Crippen LogP contribution in [0.15, 0.2) is 24.3 Å². The summed E-state index contributed by atoms with van der Waals surface area (Å²) in [5.41, 5.74) is 1.36. The van der Waals surface area contributed by atoms with Gasteiger partial charge < -0.3 is 10.4 Å². The Hall–Kier alpha value is -1.51. The van der Waals surface area contributed by atoms with Gasteiger partial charge in [0.05, 0.1) is 29.5 Å². The Morgan fingerprint density at radius 3 is 2.57 bits per heavy atom. The monoisotopic (exact) mass is 304 g/mol. The third-order valence-corrected chi connectivity index (χ3v) is 4.86. The number of hydrogen-bond acceptors (Lipinski definition) is 4. The average Bonchev–Trinajstić information content (AvgIpc) is 2.97. The van der Waals surface area contributed by atoms with Crippen molar-refractivity contribution in [3.63, 3.8) is 0 Å². The highest BCUT2D eigenvalue weighted by Crippen LogP contribution is 2.29. The minimum Gasteiger partial charge on any atom is -0.394 e. The molecule has 0 bridgehead atoms. The van der Waals surface area contributed by atoms with Crippen LogP contribution in [0.3, 0.4) is 0 Å². The molecule has 0 aromatic heterocycles. The normalized spacial score (nSPS) is 16.4. The van der Waals surface area contributed by atoms with Gasteiger partial charge in [0.1, 0.15) is 0 Å². The first kappa shape index (κ1) is 15.9. The third-order valence-electron chi connectivity index (χ3n) is 3.85. The smallest absolute Gasteiger partial charge is 0.230 e. The van der Waals surface area contributed by atoms with Gasteiger partial charge in [0.25, 0.3) is 0 Å². The molecule has 0 atom stereocenters. The number of aliphatic hydroxyl groups is 1. The Morgan fingerprint density at radius 1 is 1.33 bits per heavy atom. The molecular weight excluding hydrogens is 284 g/mol. The molecule has 0 heterocycles. The number of amides is 1. The zero-order valence-corrected chi connectivity index (χ0v) is 12.8. The Balaban J connectivity index is 1.75. The zero-order valence-electron chi connectivity index (χ0n) is 12.0. The maximum absolute atomic E-state index is 12.0. The van der Waals surface area contributed by atoms with Crippen LogP contribution < -0.4 is 5.32 Å². The van der Waals surface area contributed by atoms with E-state index in [2.05, 4.69) is 11.4 Å². The Morgan fingerprint density at radius 2 is 2.00 bits per heavy atom. The number of aliphatic hydroxyl groups excluding tert-OH is 1. The molecule has 1 aliphatic carbocycles. The van der Waals surface area contributed by atoms with Gasteiger partial charge in [0, 0.05) is 5.75 Å². The average molecular weight is 304 g/mol. The highest BCUT2D eigenvalue weighted by atomic mass is 32.2. The van der Waals surface area contributed by atoms with Crippen molar-refractivity contribution in [3.8, 4) is 6.07 Å². The zero-order chi connectivity index (χ0) is 15.1. The van der Waals surface area contributed by atoms with E-state index in [0.717, 1.165) is 37.0 Å². The third kappa shape index (κ3) is 4.48. The topological polar surface area (TPSA) is 73.1 Å². The summed E-state index contributed by atoms with van der Waals surface area (Å²) in [5, 5.41) is 21.2. The summed E-state index contributed by atoms with van der Waals surface area (Å²) >= 11 is 1.54. The molecule has 0 radical (unpaired) electrons. The first-order chi connectivity index (χ1) is 10.2. The first-order valence-corrected chi connectivity index (χ1v) is 8.32. The molecule has 112 valence electrons. The first-order valence-electron chi connectivity index (χ1n) is 7.16. The summed E-state index contributed by atoms with van der Waals surface area (Å²) in [7, 11) is 0. The highest BCUT2D eigenvalue weighted by Gasteiger charge is 2.34. The van der Waals surface area contributed by atoms with Gasteiger partial charge in [-0.25, -0.2) is 0 Å². The van der Waals surface area contributed by atoms with E-state index >= 15 is 0 Å². The van der Waals surface area contributed by atoms with Gasteiger partial charge in [-0.1, -0.05) is 25.0 Å². The van der Waals surface area contributed by atoms with Crippen LogP contribution in [0.1, 0.15) is 36.8 Å². The predicted molar refractivity (Wildman–Crippen MR) is 83.7 cm³/mol. The molecule has 0 aliphatic heterocycles. The van der Waals surface area contributed by atoms with E-state index in [4.69, 9.17) is 5.26 Å². The summed E-state index contributed by atoms with van der Waals surface area (Å²) in [6.45, 7) is 0.0268. The lowest BCUT2D eigenvalue weighted by molar-refractivity contribution is -0.121. The number of hydrogen-bond donors (Lipinski definition) is 2. The molecular formula is C16H20N2O2S. The number of carbonyl (C=O) groups is 1. The van der Waals surface area contributed by atoms with Crippen LogP contribution in [0.4, 0.5) is 0 Å². The summed E-state index contributed by atoms with van der Waals surface area (Å²) in [6.07, 6.45) is 3.88. The molecule has 0 unspecified atom stereocenters. The maximum Gasteiger partial charge on any atom is 0.230 e. The van der Waals surface area contributed by atoms with Crippen LogP contribution in [0.2, 0.25) is 0 Å². The number of nitrogens with zero attached hydrogens (tertiary/aromatic N) is 1. The Kier molecular flexibility index (Phi) is 5.66. The van der Waals surface area contributed by atoms with Gasteiger partial charge in [-0.2, -0.15) is 5.26 Å². The molecule has 0 spiro atoms. The molecule has 21 heavy (non-hydrogen) atoms. The van der Waals surface area contributed by atoms with E-state index in [0.29, 0.717) is 11.3 Å². The van der Waals surface area contributed by atoms with E-state index in [1.54, 1.807) is 23.9 Å². The number of nitrogens with one attached hydrogen (secondary N) is 1. The summed E-state index contributed by atoms with van der Waals surface area (Å²) in [5.74, 6) is 1.12. The number of rotatable bonds is 6. The quantitative estimate of drug-likeness (QED) is 0.845. The number of thioether (sulfide) groups is 1. The van der Waals surface area contributed by atoms with Gasteiger partial charge in [-0.15, -0.1) is 11.8 Å². The van der Waals surface area contributed by atoms with E-state index in [1.807, 2.05) is 12.1 Å². The highest BCUT2D eigenvalue weighted by molar-refractivity contribution is 7.99. The fourth-order valence-corrected chi connectivity index (χ4v) is 3.43. The van der Waals surface area contributed by atoms with Gasteiger partial charge >= 0.3 is 0 Å². The van der Waals surface area contributed by atoms with Crippen molar-refractivity contribution < 1.29 is 9.90 Å². The fraction of sp³-hybridized carbons (Fsp3) is 0.500. The van der Waals surface area contributed by atoms with Crippen molar-refractivity contribution in [1.82, 2.24) is 5.32 Å². The Labute approximate surface area is 129 Å². The summed E-state index contributed by atoms with van der Waals surface area (Å²) in [4.78, 5) is 12.0. The number of carbonyl (C=O) groups excluding carboxylic acids is 1. The standard InChI is InChI=1S/C16H20N2O2S/c17-9-13-3-5-14(6-4-13)10-21-11-15(20)18-16(12-19)7-1-2-8-16/h3-6,19H,1-2,7-8,10-12H2,(H,18,20). The minimum absolute atomic E-state index is 0.00963. The SMILES string of the molecule is N#Cc1ccc(CSCC(=O)NC2(CO)CCCC2)cc1. The molecule has 0 saturated heterocycles. The van der Waals surface area contributed by atoms with E-state index in [-0.39, 0.29) is 18.1 Å². The van der Waals surface area contributed by atoms with Crippen LogP contribution in [0.25, 0.3) is 0 Å². The molecule has 1 saturated carbocycles. The van der Waals surface area contributed by atoms with E-state index in [1.165, 1.54) is 0 Å². The molecule has 2 rings (SSSR count). The van der Waals surface area contributed by atoms with E-state index < -0.39 is 0 Å². The summed E-state index contributed by atoms with van der Waals surface area (Å²) in [6, 6.07) is 9.48. The number of nitriles is 1. The second-order valence-electron chi connectivity index (χ2n) is 5.50. The van der Waals surface area contributed by atoms with Gasteiger partial charge in [-0.05, 0) is 30.5 Å². The second-order valence-corrected chi connectivity index (χ2v) is 6.48. The van der Waals surface area contributed by atoms with Gasteiger partial charge in [0.2, 0.25) is 5.91 Å². The number of benzene rings is 1. The molecule has 5 heteroatoms. The van der Waals surface area contributed by atoms with Crippen LogP contribution in [-0.4, -0.2) is 28.9 Å². The molecule has 1 aromatic carbocycles. The maximum atomic E-state index is 12.0. The van der Waals surface area contributed by atoms with Crippen molar-refractivity contribution in [1.29, 1.82) is 5.26 Å². The largest absolute Gasteiger partial charge is 0.394 e.